The van der Waals surface area contributed by atoms with Crippen molar-refractivity contribution in [1.82, 2.24) is 0 Å². The van der Waals surface area contributed by atoms with E-state index in [-0.39, 0.29) is 11.4 Å². The van der Waals surface area contributed by atoms with Crippen LogP contribution in [-0.4, -0.2) is 18.6 Å². The van der Waals surface area contributed by atoms with Crippen LogP contribution in [0.4, 0.5) is 10.1 Å². The van der Waals surface area contributed by atoms with Gasteiger partial charge in [0.15, 0.2) is 0 Å². The molecule has 2 N–H and O–H groups in total. The Morgan fingerprint density at radius 2 is 2.13 bits per heavy atom. The largest absolute Gasteiger partial charge is 0.367 e. The van der Waals surface area contributed by atoms with Gasteiger partial charge in [-0.1, -0.05) is 12.1 Å². The summed E-state index contributed by atoms with van der Waals surface area (Å²) < 4.78 is 13.5. The molecule has 0 aromatic heterocycles. The lowest BCUT2D eigenvalue weighted by molar-refractivity contribution is 0.372. The Bertz CT molecular complexity index is 349. The van der Waals surface area contributed by atoms with E-state index in [2.05, 4.69) is 0 Å². The van der Waals surface area contributed by atoms with E-state index in [1.54, 1.807) is 6.07 Å². The van der Waals surface area contributed by atoms with Crippen LogP contribution in [0.2, 0.25) is 0 Å². The number of anilines is 1. The number of hydrogen-bond acceptors (Lipinski definition) is 2. The number of para-hydroxylation sites is 1. The summed E-state index contributed by atoms with van der Waals surface area (Å²) in [6.45, 7) is 3.65. The minimum atomic E-state index is -0.194. The van der Waals surface area contributed by atoms with Gasteiger partial charge in [0.25, 0.3) is 0 Å². The van der Waals surface area contributed by atoms with Crippen LogP contribution >= 0.6 is 0 Å². The first-order valence-electron chi connectivity index (χ1n) is 5.37. The highest BCUT2D eigenvalue weighted by Crippen LogP contribution is 2.25. The van der Waals surface area contributed by atoms with E-state index in [1.807, 2.05) is 24.0 Å². The average Bonchev–Trinajstić information content (AvgIpc) is 2.17. The molecule has 1 heterocycles. The molecule has 0 radical (unpaired) electrons. The number of nitrogens with zero attached hydrogens (tertiary/aromatic N) is 1. The molecule has 1 unspecified atom stereocenters. The molecular weight excluding hydrogens is 191 g/mol. The highest BCUT2D eigenvalue weighted by atomic mass is 19.1. The number of rotatable bonds is 1. The maximum Gasteiger partial charge on any atom is 0.146 e. The molecule has 1 fully saturated rings. The molecule has 82 valence electrons. The summed E-state index contributed by atoms with van der Waals surface area (Å²) in [5.74, 6) is -0.157. The summed E-state index contributed by atoms with van der Waals surface area (Å²) in [4.78, 5) is 2.04. The molecule has 1 aromatic rings. The number of piperidine rings is 1. The zero-order chi connectivity index (χ0) is 10.9. The minimum absolute atomic E-state index is 0.157. The summed E-state index contributed by atoms with van der Waals surface area (Å²) in [6.07, 6.45) is 2.04. The maximum absolute atomic E-state index is 13.5. The predicted molar refractivity (Wildman–Crippen MR) is 60.4 cm³/mol. The Hall–Kier alpha value is -1.09. The van der Waals surface area contributed by atoms with Crippen molar-refractivity contribution in [2.75, 3.05) is 18.0 Å². The normalized spacial score (nSPS) is 26.7. The van der Waals surface area contributed by atoms with Crippen LogP contribution in [0.3, 0.4) is 0 Å². The fraction of sp³-hybridized carbons (Fsp3) is 0.500. The average molecular weight is 208 g/mol. The van der Waals surface area contributed by atoms with Crippen LogP contribution < -0.4 is 10.6 Å². The van der Waals surface area contributed by atoms with E-state index in [9.17, 15) is 4.39 Å². The van der Waals surface area contributed by atoms with Crippen molar-refractivity contribution in [3.05, 3.63) is 30.1 Å². The third-order valence-corrected chi connectivity index (χ3v) is 2.92. The van der Waals surface area contributed by atoms with Gasteiger partial charge in [0.05, 0.1) is 5.69 Å². The van der Waals surface area contributed by atoms with Gasteiger partial charge in [0, 0.05) is 18.6 Å². The van der Waals surface area contributed by atoms with E-state index in [1.165, 1.54) is 6.07 Å². The van der Waals surface area contributed by atoms with Crippen LogP contribution in [0, 0.1) is 5.82 Å². The first kappa shape index (κ1) is 10.4. The summed E-state index contributed by atoms with van der Waals surface area (Å²) in [5.41, 5.74) is 6.57. The molecule has 1 aliphatic rings. The maximum atomic E-state index is 13.5. The Morgan fingerprint density at radius 3 is 2.80 bits per heavy atom. The molecular formula is C12H17FN2. The number of halogens is 1. The van der Waals surface area contributed by atoms with Crippen molar-refractivity contribution in [1.29, 1.82) is 0 Å². The van der Waals surface area contributed by atoms with Crippen LogP contribution in [0.15, 0.2) is 24.3 Å². The SMILES string of the molecule is CC1(N)CCCN(c2ccccc2F)C1. The highest BCUT2D eigenvalue weighted by Gasteiger charge is 2.27. The van der Waals surface area contributed by atoms with Gasteiger partial charge in [-0.25, -0.2) is 4.39 Å². The van der Waals surface area contributed by atoms with Crippen LogP contribution in [0.5, 0.6) is 0 Å². The minimum Gasteiger partial charge on any atom is -0.367 e. The predicted octanol–water partition coefficient (Wildman–Crippen LogP) is 2.14. The van der Waals surface area contributed by atoms with Crippen molar-refractivity contribution < 1.29 is 4.39 Å². The van der Waals surface area contributed by atoms with E-state index >= 15 is 0 Å². The zero-order valence-electron chi connectivity index (χ0n) is 9.04. The molecule has 0 spiro atoms. The van der Waals surface area contributed by atoms with Gasteiger partial charge < -0.3 is 10.6 Å². The summed E-state index contributed by atoms with van der Waals surface area (Å²) in [7, 11) is 0. The van der Waals surface area contributed by atoms with Gasteiger partial charge in [-0.15, -0.1) is 0 Å². The third kappa shape index (κ3) is 2.29. The second-order valence-corrected chi connectivity index (χ2v) is 4.63. The summed E-state index contributed by atoms with van der Waals surface area (Å²) in [6, 6.07) is 6.89. The molecule has 0 bridgehead atoms. The fourth-order valence-electron chi connectivity index (χ4n) is 2.18. The quantitative estimate of drug-likeness (QED) is 0.766. The van der Waals surface area contributed by atoms with Gasteiger partial charge in [-0.3, -0.25) is 0 Å². The first-order chi connectivity index (χ1) is 7.08. The van der Waals surface area contributed by atoms with Crippen LogP contribution in [0.25, 0.3) is 0 Å². The molecule has 0 aliphatic carbocycles. The van der Waals surface area contributed by atoms with E-state index < -0.39 is 0 Å². The molecule has 2 rings (SSSR count). The lowest BCUT2D eigenvalue weighted by Crippen LogP contribution is -2.52. The van der Waals surface area contributed by atoms with Crippen molar-refractivity contribution >= 4 is 5.69 Å². The Balaban J connectivity index is 2.21. The molecule has 1 aromatic carbocycles. The van der Waals surface area contributed by atoms with Gasteiger partial charge in [0.2, 0.25) is 0 Å². The Morgan fingerprint density at radius 1 is 1.40 bits per heavy atom. The topological polar surface area (TPSA) is 29.3 Å². The zero-order valence-corrected chi connectivity index (χ0v) is 9.04. The molecule has 0 saturated carbocycles. The third-order valence-electron chi connectivity index (χ3n) is 2.92. The van der Waals surface area contributed by atoms with E-state index in [0.717, 1.165) is 25.9 Å². The monoisotopic (exact) mass is 208 g/mol. The second kappa shape index (κ2) is 3.81. The molecule has 15 heavy (non-hydrogen) atoms. The summed E-state index contributed by atoms with van der Waals surface area (Å²) in [5, 5.41) is 0. The van der Waals surface area contributed by atoms with Gasteiger partial charge in [-0.05, 0) is 31.9 Å². The molecule has 1 saturated heterocycles. The van der Waals surface area contributed by atoms with Crippen molar-refractivity contribution in [3.63, 3.8) is 0 Å². The number of benzene rings is 1. The lowest BCUT2D eigenvalue weighted by Gasteiger charge is -2.39. The molecule has 2 nitrogen and oxygen atoms in total. The highest BCUT2D eigenvalue weighted by molar-refractivity contribution is 5.48. The van der Waals surface area contributed by atoms with Crippen molar-refractivity contribution in [3.8, 4) is 0 Å². The van der Waals surface area contributed by atoms with Crippen LogP contribution in [0.1, 0.15) is 19.8 Å². The van der Waals surface area contributed by atoms with Gasteiger partial charge in [0.1, 0.15) is 5.82 Å². The van der Waals surface area contributed by atoms with E-state index in [0.29, 0.717) is 5.69 Å². The van der Waals surface area contributed by atoms with Gasteiger partial charge in [-0.2, -0.15) is 0 Å². The van der Waals surface area contributed by atoms with Gasteiger partial charge >= 0.3 is 0 Å². The van der Waals surface area contributed by atoms with Crippen molar-refractivity contribution in [2.24, 2.45) is 5.73 Å². The second-order valence-electron chi connectivity index (χ2n) is 4.63. The van der Waals surface area contributed by atoms with E-state index in [4.69, 9.17) is 5.73 Å². The first-order valence-corrected chi connectivity index (χ1v) is 5.37. The van der Waals surface area contributed by atoms with Crippen molar-refractivity contribution in [2.45, 2.75) is 25.3 Å². The number of nitrogens with two attached hydrogens (primary N) is 1. The molecule has 1 atom stereocenters. The lowest BCUT2D eigenvalue weighted by atomic mass is 9.92. The Labute approximate surface area is 89.9 Å². The Kier molecular flexibility index (Phi) is 2.65. The van der Waals surface area contributed by atoms with Crippen LogP contribution in [-0.2, 0) is 0 Å². The number of hydrogen-bond donors (Lipinski definition) is 1. The standard InChI is InChI=1S/C12H17FN2/c1-12(14)7-4-8-15(9-12)11-6-3-2-5-10(11)13/h2-3,5-6H,4,7-9,14H2,1H3. The summed E-state index contributed by atoms with van der Waals surface area (Å²) >= 11 is 0. The fourth-order valence-corrected chi connectivity index (χ4v) is 2.18. The molecule has 0 amide bonds. The molecule has 1 aliphatic heterocycles. The molecule has 3 heteroatoms. The smallest absolute Gasteiger partial charge is 0.146 e.